The Balaban J connectivity index is 2.00. The zero-order chi connectivity index (χ0) is 14.5. The average Bonchev–Trinajstić information content (AvgIpc) is 2.43. The minimum atomic E-state index is -0.310. The van der Waals surface area contributed by atoms with Crippen LogP contribution in [0.1, 0.15) is 12.5 Å². The molecule has 0 aliphatic heterocycles. The molecule has 20 heavy (non-hydrogen) atoms. The summed E-state index contributed by atoms with van der Waals surface area (Å²) in [7, 11) is 0. The lowest BCUT2D eigenvalue weighted by atomic mass is 10.2. The standard InChI is InChI=1S/C16H17BrN2O/c1-11-10-13(17)8-9-15(11)18-12(2)16(20)19-14-6-4-3-5-7-14/h3-10,12,18H,1-2H3,(H,19,20). The smallest absolute Gasteiger partial charge is 0.246 e. The zero-order valence-electron chi connectivity index (χ0n) is 11.5. The highest BCUT2D eigenvalue weighted by Crippen LogP contribution is 2.20. The molecule has 0 aliphatic rings. The van der Waals surface area contributed by atoms with Crippen LogP contribution in [-0.4, -0.2) is 11.9 Å². The van der Waals surface area contributed by atoms with Gasteiger partial charge in [0.15, 0.2) is 0 Å². The van der Waals surface area contributed by atoms with Gasteiger partial charge in [-0.1, -0.05) is 34.1 Å². The molecule has 1 atom stereocenters. The molecule has 3 nitrogen and oxygen atoms in total. The van der Waals surface area contributed by atoms with Crippen LogP contribution in [0.4, 0.5) is 11.4 Å². The number of para-hydroxylation sites is 1. The van der Waals surface area contributed by atoms with Gasteiger partial charge in [-0.05, 0) is 49.7 Å². The largest absolute Gasteiger partial charge is 0.374 e. The van der Waals surface area contributed by atoms with Gasteiger partial charge in [-0.2, -0.15) is 0 Å². The Labute approximate surface area is 127 Å². The molecule has 2 aromatic rings. The molecule has 0 aromatic heterocycles. The first-order valence-electron chi connectivity index (χ1n) is 6.45. The van der Waals surface area contributed by atoms with Crippen LogP contribution in [0.3, 0.4) is 0 Å². The van der Waals surface area contributed by atoms with Crippen molar-refractivity contribution in [2.24, 2.45) is 0 Å². The molecule has 0 saturated carbocycles. The monoisotopic (exact) mass is 332 g/mol. The van der Waals surface area contributed by atoms with Gasteiger partial charge >= 0.3 is 0 Å². The van der Waals surface area contributed by atoms with Gasteiger partial charge in [-0.15, -0.1) is 0 Å². The summed E-state index contributed by atoms with van der Waals surface area (Å²) in [5, 5.41) is 6.11. The van der Waals surface area contributed by atoms with Crippen LogP contribution in [0, 0.1) is 6.92 Å². The van der Waals surface area contributed by atoms with Crippen molar-refractivity contribution in [2.75, 3.05) is 10.6 Å². The average molecular weight is 333 g/mol. The topological polar surface area (TPSA) is 41.1 Å². The van der Waals surface area contributed by atoms with E-state index in [9.17, 15) is 4.79 Å². The molecule has 2 N–H and O–H groups in total. The molecule has 0 radical (unpaired) electrons. The minimum Gasteiger partial charge on any atom is -0.374 e. The number of rotatable bonds is 4. The van der Waals surface area contributed by atoms with Crippen molar-refractivity contribution in [3.63, 3.8) is 0 Å². The summed E-state index contributed by atoms with van der Waals surface area (Å²) in [5.74, 6) is -0.0569. The Kier molecular flexibility index (Phi) is 4.79. The van der Waals surface area contributed by atoms with E-state index in [4.69, 9.17) is 0 Å². The SMILES string of the molecule is Cc1cc(Br)ccc1NC(C)C(=O)Nc1ccccc1. The Morgan fingerprint density at radius 3 is 2.50 bits per heavy atom. The Hall–Kier alpha value is -1.81. The number of benzene rings is 2. The molecule has 0 aliphatic carbocycles. The fourth-order valence-electron chi connectivity index (χ4n) is 1.86. The van der Waals surface area contributed by atoms with E-state index in [0.717, 1.165) is 21.4 Å². The van der Waals surface area contributed by atoms with Gasteiger partial charge in [0.25, 0.3) is 0 Å². The van der Waals surface area contributed by atoms with E-state index < -0.39 is 0 Å². The van der Waals surface area contributed by atoms with E-state index in [-0.39, 0.29) is 11.9 Å². The number of carbonyl (C=O) groups is 1. The van der Waals surface area contributed by atoms with Gasteiger partial charge in [0.1, 0.15) is 6.04 Å². The number of hydrogen-bond acceptors (Lipinski definition) is 2. The van der Waals surface area contributed by atoms with Crippen molar-refractivity contribution >= 4 is 33.2 Å². The van der Waals surface area contributed by atoms with Gasteiger partial charge < -0.3 is 10.6 Å². The molecule has 0 bridgehead atoms. The highest BCUT2D eigenvalue weighted by atomic mass is 79.9. The predicted molar refractivity (Wildman–Crippen MR) is 87.0 cm³/mol. The van der Waals surface area contributed by atoms with E-state index in [0.29, 0.717) is 0 Å². The van der Waals surface area contributed by atoms with Crippen LogP contribution in [0.25, 0.3) is 0 Å². The fourth-order valence-corrected chi connectivity index (χ4v) is 2.34. The summed E-state index contributed by atoms with van der Waals surface area (Å²) < 4.78 is 1.03. The van der Waals surface area contributed by atoms with Gasteiger partial charge in [-0.25, -0.2) is 0 Å². The second-order valence-corrected chi connectivity index (χ2v) is 5.60. The number of halogens is 1. The normalized spacial score (nSPS) is 11.8. The molecule has 0 fully saturated rings. The number of carbonyl (C=O) groups excluding carboxylic acids is 1. The van der Waals surface area contributed by atoms with Crippen LogP contribution in [0.15, 0.2) is 53.0 Å². The third-order valence-electron chi connectivity index (χ3n) is 3.00. The molecule has 4 heteroatoms. The van der Waals surface area contributed by atoms with Gasteiger partial charge in [0, 0.05) is 15.8 Å². The number of aryl methyl sites for hydroxylation is 1. The maximum Gasteiger partial charge on any atom is 0.246 e. The van der Waals surface area contributed by atoms with Crippen molar-refractivity contribution in [2.45, 2.75) is 19.9 Å². The van der Waals surface area contributed by atoms with Crippen molar-refractivity contribution in [3.8, 4) is 0 Å². The van der Waals surface area contributed by atoms with E-state index in [1.165, 1.54) is 0 Å². The Morgan fingerprint density at radius 2 is 1.85 bits per heavy atom. The molecule has 2 rings (SSSR count). The number of anilines is 2. The van der Waals surface area contributed by atoms with Gasteiger partial charge in [-0.3, -0.25) is 4.79 Å². The molecule has 2 aromatic carbocycles. The van der Waals surface area contributed by atoms with Crippen molar-refractivity contribution in [1.29, 1.82) is 0 Å². The summed E-state index contributed by atoms with van der Waals surface area (Å²) in [6.45, 7) is 3.86. The molecule has 104 valence electrons. The van der Waals surface area contributed by atoms with Crippen LogP contribution in [0.2, 0.25) is 0 Å². The number of nitrogens with one attached hydrogen (secondary N) is 2. The first-order valence-corrected chi connectivity index (χ1v) is 7.24. The zero-order valence-corrected chi connectivity index (χ0v) is 13.1. The molecule has 0 heterocycles. The lowest BCUT2D eigenvalue weighted by Gasteiger charge is -2.17. The highest BCUT2D eigenvalue weighted by molar-refractivity contribution is 9.10. The van der Waals surface area contributed by atoms with Crippen LogP contribution in [0.5, 0.6) is 0 Å². The third-order valence-corrected chi connectivity index (χ3v) is 3.49. The van der Waals surface area contributed by atoms with Crippen LogP contribution >= 0.6 is 15.9 Å². The van der Waals surface area contributed by atoms with E-state index >= 15 is 0 Å². The summed E-state index contributed by atoms with van der Waals surface area (Å²) in [6.07, 6.45) is 0. The van der Waals surface area contributed by atoms with Gasteiger partial charge in [0.2, 0.25) is 5.91 Å². The second kappa shape index (κ2) is 6.57. The summed E-state index contributed by atoms with van der Waals surface area (Å²) >= 11 is 3.43. The predicted octanol–water partition coefficient (Wildman–Crippen LogP) is 4.20. The summed E-state index contributed by atoms with van der Waals surface area (Å²) in [6, 6.07) is 15.1. The van der Waals surface area contributed by atoms with E-state index in [1.54, 1.807) is 0 Å². The van der Waals surface area contributed by atoms with Crippen LogP contribution < -0.4 is 10.6 Å². The summed E-state index contributed by atoms with van der Waals surface area (Å²) in [4.78, 5) is 12.1. The highest BCUT2D eigenvalue weighted by Gasteiger charge is 2.13. The van der Waals surface area contributed by atoms with Crippen molar-refractivity contribution in [1.82, 2.24) is 0 Å². The van der Waals surface area contributed by atoms with Gasteiger partial charge in [0.05, 0.1) is 0 Å². The molecule has 1 unspecified atom stereocenters. The third kappa shape index (κ3) is 3.84. The van der Waals surface area contributed by atoms with Crippen LogP contribution in [-0.2, 0) is 4.79 Å². The molecule has 0 spiro atoms. The molecule has 1 amide bonds. The lowest BCUT2D eigenvalue weighted by molar-refractivity contribution is -0.116. The maximum atomic E-state index is 12.1. The maximum absolute atomic E-state index is 12.1. The molecule has 0 saturated heterocycles. The lowest BCUT2D eigenvalue weighted by Crippen LogP contribution is -2.32. The Morgan fingerprint density at radius 1 is 1.15 bits per heavy atom. The first kappa shape index (κ1) is 14.6. The quantitative estimate of drug-likeness (QED) is 0.881. The van der Waals surface area contributed by atoms with Crippen molar-refractivity contribution in [3.05, 3.63) is 58.6 Å². The van der Waals surface area contributed by atoms with E-state index in [1.807, 2.05) is 62.4 Å². The first-order chi connectivity index (χ1) is 9.56. The second-order valence-electron chi connectivity index (χ2n) is 4.68. The molecular formula is C16H17BrN2O. The fraction of sp³-hybridized carbons (Fsp3) is 0.188. The Bertz CT molecular complexity index is 599. The number of hydrogen-bond donors (Lipinski definition) is 2. The number of amides is 1. The van der Waals surface area contributed by atoms with E-state index in [2.05, 4.69) is 26.6 Å². The summed E-state index contributed by atoms with van der Waals surface area (Å²) in [5.41, 5.74) is 2.86. The molecular weight excluding hydrogens is 316 g/mol. The van der Waals surface area contributed by atoms with Crippen molar-refractivity contribution < 1.29 is 4.79 Å². The minimum absolute atomic E-state index is 0.0569.